The summed E-state index contributed by atoms with van der Waals surface area (Å²) in [5.41, 5.74) is 1.76. The SMILES string of the molecule is O=C(Nc1ccccc1)c1ccc(C(=O)N(CCO)C2CC2)cc1. The van der Waals surface area contributed by atoms with Crippen molar-refractivity contribution in [2.75, 3.05) is 18.5 Å². The van der Waals surface area contributed by atoms with Crippen LogP contribution in [0.3, 0.4) is 0 Å². The van der Waals surface area contributed by atoms with Gasteiger partial charge in [-0.1, -0.05) is 18.2 Å². The molecule has 24 heavy (non-hydrogen) atoms. The number of amides is 2. The average molecular weight is 324 g/mol. The van der Waals surface area contributed by atoms with Crippen molar-refractivity contribution in [1.82, 2.24) is 4.90 Å². The number of nitrogens with one attached hydrogen (secondary N) is 1. The van der Waals surface area contributed by atoms with Gasteiger partial charge >= 0.3 is 0 Å². The molecule has 2 aromatic carbocycles. The fourth-order valence-electron chi connectivity index (χ4n) is 2.60. The second kappa shape index (κ2) is 7.27. The maximum atomic E-state index is 12.5. The van der Waals surface area contributed by atoms with Gasteiger partial charge in [0.05, 0.1) is 6.61 Å². The Balaban J connectivity index is 1.68. The Kier molecular flexibility index (Phi) is 4.91. The van der Waals surface area contributed by atoms with Crippen molar-refractivity contribution in [2.24, 2.45) is 0 Å². The number of rotatable bonds is 6. The molecule has 1 fully saturated rings. The second-order valence-electron chi connectivity index (χ2n) is 5.85. The van der Waals surface area contributed by atoms with E-state index in [1.54, 1.807) is 29.2 Å². The van der Waals surface area contributed by atoms with E-state index in [1.807, 2.05) is 30.3 Å². The number of aliphatic hydroxyl groups is 1. The molecule has 0 aromatic heterocycles. The molecular weight excluding hydrogens is 304 g/mol. The minimum atomic E-state index is -0.213. The zero-order valence-corrected chi connectivity index (χ0v) is 13.3. The predicted molar refractivity (Wildman–Crippen MR) is 92.0 cm³/mol. The summed E-state index contributed by atoms with van der Waals surface area (Å²) >= 11 is 0. The first-order valence-electron chi connectivity index (χ1n) is 8.07. The van der Waals surface area contributed by atoms with E-state index < -0.39 is 0 Å². The van der Waals surface area contributed by atoms with E-state index in [-0.39, 0.29) is 24.5 Å². The summed E-state index contributed by atoms with van der Waals surface area (Å²) in [7, 11) is 0. The molecular formula is C19H20N2O3. The highest BCUT2D eigenvalue weighted by molar-refractivity contribution is 6.05. The van der Waals surface area contributed by atoms with Crippen LogP contribution in [0.15, 0.2) is 54.6 Å². The summed E-state index contributed by atoms with van der Waals surface area (Å²) in [6, 6.07) is 16.1. The van der Waals surface area contributed by atoms with Gasteiger partial charge < -0.3 is 15.3 Å². The molecule has 1 aliphatic rings. The molecule has 2 N–H and O–H groups in total. The number of hydrogen-bond acceptors (Lipinski definition) is 3. The number of anilines is 1. The van der Waals surface area contributed by atoms with Crippen molar-refractivity contribution >= 4 is 17.5 Å². The monoisotopic (exact) mass is 324 g/mol. The van der Waals surface area contributed by atoms with E-state index in [0.717, 1.165) is 18.5 Å². The predicted octanol–water partition coefficient (Wildman–Crippen LogP) is 2.54. The number of hydrogen-bond donors (Lipinski definition) is 2. The second-order valence-corrected chi connectivity index (χ2v) is 5.85. The van der Waals surface area contributed by atoms with Gasteiger partial charge in [0.2, 0.25) is 0 Å². The van der Waals surface area contributed by atoms with Crippen molar-refractivity contribution in [3.63, 3.8) is 0 Å². The number of carbonyl (C=O) groups is 2. The molecule has 5 heteroatoms. The summed E-state index contributed by atoms with van der Waals surface area (Å²) in [6.07, 6.45) is 1.98. The van der Waals surface area contributed by atoms with Gasteiger partial charge in [-0.05, 0) is 49.2 Å². The summed E-state index contributed by atoms with van der Waals surface area (Å²) in [5.74, 6) is -0.309. The smallest absolute Gasteiger partial charge is 0.255 e. The van der Waals surface area contributed by atoms with E-state index in [9.17, 15) is 9.59 Å². The van der Waals surface area contributed by atoms with Crippen molar-refractivity contribution < 1.29 is 14.7 Å². The number of carbonyl (C=O) groups excluding carboxylic acids is 2. The van der Waals surface area contributed by atoms with Crippen LogP contribution in [0, 0.1) is 0 Å². The molecule has 0 aliphatic heterocycles. The third-order valence-corrected chi connectivity index (χ3v) is 4.02. The summed E-state index contributed by atoms with van der Waals surface area (Å²) in [6.45, 7) is 0.305. The maximum Gasteiger partial charge on any atom is 0.255 e. The first-order valence-corrected chi connectivity index (χ1v) is 8.07. The van der Waals surface area contributed by atoms with Crippen molar-refractivity contribution in [3.8, 4) is 0 Å². The van der Waals surface area contributed by atoms with Gasteiger partial charge in [-0.15, -0.1) is 0 Å². The Hall–Kier alpha value is -2.66. The van der Waals surface area contributed by atoms with Gasteiger partial charge in [-0.25, -0.2) is 0 Å². The van der Waals surface area contributed by atoms with Crippen LogP contribution in [-0.4, -0.2) is 41.0 Å². The Labute approximate surface area is 140 Å². The number of benzene rings is 2. The summed E-state index contributed by atoms with van der Waals surface area (Å²) < 4.78 is 0. The van der Waals surface area contributed by atoms with Gasteiger partial charge in [0.25, 0.3) is 11.8 Å². The summed E-state index contributed by atoms with van der Waals surface area (Å²) in [4.78, 5) is 26.4. The van der Waals surface area contributed by atoms with E-state index >= 15 is 0 Å². The summed E-state index contributed by atoms with van der Waals surface area (Å²) in [5, 5.41) is 11.9. The molecule has 2 amide bonds. The Morgan fingerprint density at radius 1 is 1.00 bits per heavy atom. The van der Waals surface area contributed by atoms with E-state index in [2.05, 4.69) is 5.32 Å². The molecule has 0 saturated heterocycles. The molecule has 0 radical (unpaired) electrons. The van der Waals surface area contributed by atoms with Gasteiger partial charge in [0.1, 0.15) is 0 Å². The number of para-hydroxylation sites is 1. The van der Waals surface area contributed by atoms with Crippen LogP contribution in [0.1, 0.15) is 33.6 Å². The highest BCUT2D eigenvalue weighted by Crippen LogP contribution is 2.28. The zero-order valence-electron chi connectivity index (χ0n) is 13.3. The molecule has 0 atom stereocenters. The molecule has 0 heterocycles. The lowest BCUT2D eigenvalue weighted by molar-refractivity contribution is 0.0707. The quantitative estimate of drug-likeness (QED) is 0.858. The van der Waals surface area contributed by atoms with Crippen LogP contribution in [0.5, 0.6) is 0 Å². The lowest BCUT2D eigenvalue weighted by atomic mass is 10.1. The fourth-order valence-corrected chi connectivity index (χ4v) is 2.60. The molecule has 124 valence electrons. The molecule has 0 bridgehead atoms. The van der Waals surface area contributed by atoms with E-state index in [1.165, 1.54) is 0 Å². The normalized spacial score (nSPS) is 13.4. The average Bonchev–Trinajstić information content (AvgIpc) is 3.45. The Bertz CT molecular complexity index is 709. The van der Waals surface area contributed by atoms with Gasteiger partial charge in [0.15, 0.2) is 0 Å². The Morgan fingerprint density at radius 2 is 1.62 bits per heavy atom. The van der Waals surface area contributed by atoms with Gasteiger partial charge in [-0.2, -0.15) is 0 Å². The highest BCUT2D eigenvalue weighted by Gasteiger charge is 2.32. The zero-order chi connectivity index (χ0) is 16.9. The fraction of sp³-hybridized carbons (Fsp3) is 0.263. The Morgan fingerprint density at radius 3 is 2.21 bits per heavy atom. The highest BCUT2D eigenvalue weighted by atomic mass is 16.3. The molecule has 3 rings (SSSR count). The molecule has 0 spiro atoms. The van der Waals surface area contributed by atoms with Crippen molar-refractivity contribution in [3.05, 3.63) is 65.7 Å². The maximum absolute atomic E-state index is 12.5. The third-order valence-electron chi connectivity index (χ3n) is 4.02. The van der Waals surface area contributed by atoms with Crippen molar-refractivity contribution in [2.45, 2.75) is 18.9 Å². The molecule has 1 saturated carbocycles. The van der Waals surface area contributed by atoms with Crippen LogP contribution in [-0.2, 0) is 0 Å². The third kappa shape index (κ3) is 3.81. The van der Waals surface area contributed by atoms with Gasteiger partial charge in [-0.3, -0.25) is 9.59 Å². The van der Waals surface area contributed by atoms with Crippen LogP contribution in [0.25, 0.3) is 0 Å². The first-order chi connectivity index (χ1) is 11.7. The lowest BCUT2D eigenvalue weighted by Gasteiger charge is -2.21. The molecule has 0 unspecified atom stereocenters. The standard InChI is InChI=1S/C19H20N2O3/c22-13-12-21(17-10-11-17)19(24)15-8-6-14(7-9-15)18(23)20-16-4-2-1-3-5-16/h1-9,17,22H,10-13H2,(H,20,23). The molecule has 2 aromatic rings. The largest absolute Gasteiger partial charge is 0.395 e. The minimum Gasteiger partial charge on any atom is -0.395 e. The van der Waals surface area contributed by atoms with Crippen LogP contribution in [0.4, 0.5) is 5.69 Å². The minimum absolute atomic E-state index is 0.0419. The van der Waals surface area contributed by atoms with Crippen LogP contribution >= 0.6 is 0 Å². The van der Waals surface area contributed by atoms with E-state index in [4.69, 9.17) is 5.11 Å². The molecule has 1 aliphatic carbocycles. The van der Waals surface area contributed by atoms with Crippen LogP contribution < -0.4 is 5.32 Å². The van der Waals surface area contributed by atoms with E-state index in [0.29, 0.717) is 17.7 Å². The van der Waals surface area contributed by atoms with Gasteiger partial charge in [0, 0.05) is 29.4 Å². The van der Waals surface area contributed by atoms with Crippen LogP contribution in [0.2, 0.25) is 0 Å². The first kappa shape index (κ1) is 16.2. The number of aliphatic hydroxyl groups excluding tert-OH is 1. The topological polar surface area (TPSA) is 69.6 Å². The molecule has 5 nitrogen and oxygen atoms in total. The van der Waals surface area contributed by atoms with Crippen molar-refractivity contribution in [1.29, 1.82) is 0 Å². The number of nitrogens with zero attached hydrogens (tertiary/aromatic N) is 1. The lowest BCUT2D eigenvalue weighted by Crippen LogP contribution is -2.35.